The number of anilines is 1. The Labute approximate surface area is 89.1 Å². The van der Waals surface area contributed by atoms with Crippen LogP contribution < -0.4 is 11.1 Å². The van der Waals surface area contributed by atoms with Crippen LogP contribution in [0.4, 0.5) is 5.69 Å². The molecule has 0 fully saturated rings. The second kappa shape index (κ2) is 4.31. The Morgan fingerprint density at radius 2 is 2.07 bits per heavy atom. The zero-order chi connectivity index (χ0) is 11.5. The van der Waals surface area contributed by atoms with E-state index in [-0.39, 0.29) is 12.5 Å². The van der Waals surface area contributed by atoms with Gasteiger partial charge in [-0.1, -0.05) is 12.1 Å². The van der Waals surface area contributed by atoms with Crippen molar-refractivity contribution in [3.05, 3.63) is 29.8 Å². The first-order valence-corrected chi connectivity index (χ1v) is 4.75. The van der Waals surface area contributed by atoms with Gasteiger partial charge in [0.25, 0.3) is 5.91 Å². The van der Waals surface area contributed by atoms with Crippen molar-refractivity contribution in [2.45, 2.75) is 19.4 Å². The van der Waals surface area contributed by atoms with Crippen LogP contribution in [0.5, 0.6) is 0 Å². The predicted molar refractivity (Wildman–Crippen MR) is 59.5 cm³/mol. The maximum Gasteiger partial charge on any atom is 0.253 e. The Balaban J connectivity index is 2.66. The lowest BCUT2D eigenvalue weighted by atomic mass is 10.1. The molecule has 82 valence electrons. The molecule has 0 saturated carbocycles. The Hall–Kier alpha value is -1.55. The quantitative estimate of drug-likeness (QED) is 0.642. The lowest BCUT2D eigenvalue weighted by molar-refractivity contribution is 0.0694. The van der Waals surface area contributed by atoms with Gasteiger partial charge in [-0.2, -0.15) is 0 Å². The molecule has 1 rings (SSSR count). The summed E-state index contributed by atoms with van der Waals surface area (Å²) in [5, 5.41) is 12.0. The first-order valence-electron chi connectivity index (χ1n) is 4.75. The normalized spacial score (nSPS) is 11.1. The summed E-state index contributed by atoms with van der Waals surface area (Å²) in [7, 11) is 0. The number of nitrogens with two attached hydrogens (primary N) is 1. The van der Waals surface area contributed by atoms with E-state index in [1.165, 1.54) is 0 Å². The van der Waals surface area contributed by atoms with Crippen molar-refractivity contribution in [3.8, 4) is 0 Å². The van der Waals surface area contributed by atoms with E-state index in [1.54, 1.807) is 38.1 Å². The van der Waals surface area contributed by atoms with Gasteiger partial charge in [0.15, 0.2) is 0 Å². The van der Waals surface area contributed by atoms with Crippen LogP contribution >= 0.6 is 0 Å². The predicted octanol–water partition coefficient (Wildman–Crippen LogP) is 0.770. The van der Waals surface area contributed by atoms with Crippen LogP contribution in [0.1, 0.15) is 24.2 Å². The molecule has 0 unspecified atom stereocenters. The van der Waals surface area contributed by atoms with E-state index in [4.69, 9.17) is 5.73 Å². The molecule has 0 aromatic heterocycles. The Bertz CT molecular complexity index is 356. The van der Waals surface area contributed by atoms with Gasteiger partial charge in [-0.25, -0.2) is 0 Å². The summed E-state index contributed by atoms with van der Waals surface area (Å²) in [4.78, 5) is 11.6. The zero-order valence-corrected chi connectivity index (χ0v) is 8.95. The first kappa shape index (κ1) is 11.5. The number of hydrogen-bond donors (Lipinski definition) is 3. The lowest BCUT2D eigenvalue weighted by Crippen LogP contribution is -2.38. The molecule has 1 aromatic carbocycles. The minimum atomic E-state index is -0.917. The summed E-state index contributed by atoms with van der Waals surface area (Å²) >= 11 is 0. The van der Waals surface area contributed by atoms with E-state index in [0.717, 1.165) is 0 Å². The van der Waals surface area contributed by atoms with Gasteiger partial charge in [0, 0.05) is 12.2 Å². The van der Waals surface area contributed by atoms with E-state index in [0.29, 0.717) is 11.3 Å². The van der Waals surface area contributed by atoms with Gasteiger partial charge in [-0.15, -0.1) is 0 Å². The van der Waals surface area contributed by atoms with E-state index in [2.05, 4.69) is 5.32 Å². The molecule has 4 nitrogen and oxygen atoms in total. The molecular weight excluding hydrogens is 192 g/mol. The van der Waals surface area contributed by atoms with Crippen LogP contribution in [0.2, 0.25) is 0 Å². The van der Waals surface area contributed by atoms with Gasteiger partial charge in [-0.3, -0.25) is 4.79 Å². The van der Waals surface area contributed by atoms with Crippen LogP contribution in [0.3, 0.4) is 0 Å². The minimum Gasteiger partial charge on any atom is -0.398 e. The van der Waals surface area contributed by atoms with Crippen LogP contribution in [0, 0.1) is 0 Å². The number of amides is 1. The molecular formula is C11H16N2O2. The fourth-order valence-electron chi connectivity index (χ4n) is 1.10. The Morgan fingerprint density at radius 1 is 1.47 bits per heavy atom. The van der Waals surface area contributed by atoms with Crippen molar-refractivity contribution in [3.63, 3.8) is 0 Å². The fourth-order valence-corrected chi connectivity index (χ4v) is 1.10. The van der Waals surface area contributed by atoms with Gasteiger partial charge >= 0.3 is 0 Å². The topological polar surface area (TPSA) is 75.3 Å². The van der Waals surface area contributed by atoms with Gasteiger partial charge in [0.2, 0.25) is 0 Å². The van der Waals surface area contributed by atoms with Gasteiger partial charge in [0.1, 0.15) is 0 Å². The highest BCUT2D eigenvalue weighted by atomic mass is 16.3. The summed E-state index contributed by atoms with van der Waals surface area (Å²) in [6, 6.07) is 6.82. The fraction of sp³-hybridized carbons (Fsp3) is 0.364. The minimum absolute atomic E-state index is 0.195. The number of nitrogen functional groups attached to an aromatic ring is 1. The molecule has 0 saturated heterocycles. The Kier molecular flexibility index (Phi) is 3.31. The molecule has 0 aliphatic carbocycles. The maximum absolute atomic E-state index is 11.6. The van der Waals surface area contributed by atoms with Crippen molar-refractivity contribution in [1.82, 2.24) is 5.32 Å². The molecule has 0 aliphatic rings. The van der Waals surface area contributed by atoms with Crippen molar-refractivity contribution >= 4 is 11.6 Å². The number of aliphatic hydroxyl groups is 1. The lowest BCUT2D eigenvalue weighted by Gasteiger charge is -2.17. The zero-order valence-electron chi connectivity index (χ0n) is 8.95. The smallest absolute Gasteiger partial charge is 0.253 e. The molecule has 0 radical (unpaired) electrons. The molecule has 15 heavy (non-hydrogen) atoms. The van der Waals surface area contributed by atoms with Crippen molar-refractivity contribution in [2.75, 3.05) is 12.3 Å². The second-order valence-corrected chi connectivity index (χ2v) is 4.08. The van der Waals surface area contributed by atoms with Gasteiger partial charge in [-0.05, 0) is 26.0 Å². The van der Waals surface area contributed by atoms with Crippen LogP contribution in [0.25, 0.3) is 0 Å². The monoisotopic (exact) mass is 208 g/mol. The number of para-hydroxylation sites is 1. The van der Waals surface area contributed by atoms with Gasteiger partial charge in [0.05, 0.1) is 11.2 Å². The highest BCUT2D eigenvalue weighted by Crippen LogP contribution is 2.10. The highest BCUT2D eigenvalue weighted by Gasteiger charge is 2.15. The van der Waals surface area contributed by atoms with Crippen molar-refractivity contribution in [1.29, 1.82) is 0 Å². The standard InChI is InChI=1S/C11H16N2O2/c1-11(2,15)7-13-10(14)8-5-3-4-6-9(8)12/h3-6,15H,7,12H2,1-2H3,(H,13,14). The number of rotatable bonds is 3. The van der Waals surface area contributed by atoms with E-state index >= 15 is 0 Å². The summed E-state index contributed by atoms with van der Waals surface area (Å²) in [6.07, 6.45) is 0. The van der Waals surface area contributed by atoms with Crippen LogP contribution in [-0.4, -0.2) is 23.2 Å². The summed E-state index contributed by atoms with van der Waals surface area (Å²) < 4.78 is 0. The number of hydrogen-bond acceptors (Lipinski definition) is 3. The molecule has 4 heteroatoms. The SMILES string of the molecule is CC(C)(O)CNC(=O)c1ccccc1N. The number of benzene rings is 1. The van der Waals surface area contributed by atoms with E-state index in [9.17, 15) is 9.90 Å². The third-order valence-corrected chi connectivity index (χ3v) is 1.89. The maximum atomic E-state index is 11.6. The third-order valence-electron chi connectivity index (χ3n) is 1.89. The molecule has 0 atom stereocenters. The number of nitrogens with one attached hydrogen (secondary N) is 1. The largest absolute Gasteiger partial charge is 0.398 e. The average molecular weight is 208 g/mol. The molecule has 0 spiro atoms. The average Bonchev–Trinajstić information content (AvgIpc) is 2.14. The van der Waals surface area contributed by atoms with Crippen molar-refractivity contribution in [2.24, 2.45) is 0 Å². The molecule has 1 aromatic rings. The molecule has 0 heterocycles. The molecule has 0 aliphatic heterocycles. The Morgan fingerprint density at radius 3 is 2.60 bits per heavy atom. The molecule has 4 N–H and O–H groups in total. The van der Waals surface area contributed by atoms with Crippen molar-refractivity contribution < 1.29 is 9.90 Å². The van der Waals surface area contributed by atoms with Crippen LogP contribution in [-0.2, 0) is 0 Å². The first-order chi connectivity index (χ1) is 6.90. The van der Waals surface area contributed by atoms with E-state index in [1.807, 2.05) is 0 Å². The second-order valence-electron chi connectivity index (χ2n) is 4.08. The summed E-state index contributed by atoms with van der Waals surface area (Å²) in [5.41, 5.74) is 5.59. The molecule has 1 amide bonds. The summed E-state index contributed by atoms with van der Waals surface area (Å²) in [6.45, 7) is 3.45. The van der Waals surface area contributed by atoms with Crippen LogP contribution in [0.15, 0.2) is 24.3 Å². The molecule has 0 bridgehead atoms. The highest BCUT2D eigenvalue weighted by molar-refractivity contribution is 5.99. The number of carbonyl (C=O) groups excluding carboxylic acids is 1. The number of carbonyl (C=O) groups is 1. The van der Waals surface area contributed by atoms with E-state index < -0.39 is 5.60 Å². The van der Waals surface area contributed by atoms with Gasteiger partial charge < -0.3 is 16.2 Å². The third kappa shape index (κ3) is 3.59. The summed E-state index contributed by atoms with van der Waals surface area (Å²) in [5.74, 6) is -0.268.